The summed E-state index contributed by atoms with van der Waals surface area (Å²) in [5.74, 6) is -0.520. The van der Waals surface area contributed by atoms with Gasteiger partial charge < -0.3 is 43.4 Å². The van der Waals surface area contributed by atoms with Gasteiger partial charge in [-0.15, -0.1) is 0 Å². The highest BCUT2D eigenvalue weighted by molar-refractivity contribution is 5.92. The number of aliphatic hydroxyl groups is 1. The average molecular weight is 731 g/mol. The van der Waals surface area contributed by atoms with Crippen LogP contribution in [0, 0.1) is 0 Å². The molecule has 13 heteroatoms. The molecular formula is C40H42O13. The summed E-state index contributed by atoms with van der Waals surface area (Å²) in [6, 6.07) is 23.0. The molecule has 280 valence electrons. The number of rotatable bonds is 13. The quantitative estimate of drug-likeness (QED) is 0.0856. The zero-order chi connectivity index (χ0) is 39.5. The van der Waals surface area contributed by atoms with E-state index in [-0.39, 0.29) is 58.5 Å². The second-order valence-corrected chi connectivity index (χ2v) is 10.8. The molecule has 0 radical (unpaired) electrons. The van der Waals surface area contributed by atoms with Gasteiger partial charge in [0.2, 0.25) is 0 Å². The third-order valence-corrected chi connectivity index (χ3v) is 6.73. The van der Waals surface area contributed by atoms with Gasteiger partial charge in [0.1, 0.15) is 18.1 Å². The van der Waals surface area contributed by atoms with Crippen molar-refractivity contribution in [3.8, 4) is 34.5 Å². The van der Waals surface area contributed by atoms with Gasteiger partial charge in [-0.25, -0.2) is 19.2 Å². The molecule has 4 aromatic rings. The maximum atomic E-state index is 12.3. The van der Waals surface area contributed by atoms with E-state index >= 15 is 0 Å². The Balaban J connectivity index is 0.000000307. The standard InChI is InChI=1S/C20H20O6.C12H12O5.C8H10O2/c1-13(2)19(21)26-17-9-8-15(11-18(17)24-4)20(22)25-12-14-6-5-7-16(10-14)23-3;1-7(2)12(15)17-9-5-4-8(11(13)14)6-10(9)16-3;1-10-8-4-2-3-7(5-8)6-9/h5-11H,1,12H2,2-4H3;4-6H,1H2,2-3H3,(H,13,14);2-5,9H,6H2,1H3. The first-order valence-corrected chi connectivity index (χ1v) is 15.6. The molecule has 0 saturated heterocycles. The summed E-state index contributed by atoms with van der Waals surface area (Å²) >= 11 is 0. The largest absolute Gasteiger partial charge is 0.497 e. The van der Waals surface area contributed by atoms with E-state index in [0.717, 1.165) is 16.9 Å². The Bertz CT molecular complexity index is 1890. The van der Waals surface area contributed by atoms with E-state index in [2.05, 4.69) is 13.2 Å². The van der Waals surface area contributed by atoms with Crippen LogP contribution in [0.5, 0.6) is 34.5 Å². The Morgan fingerprint density at radius 1 is 0.585 bits per heavy atom. The maximum absolute atomic E-state index is 12.3. The number of carboxylic acids is 1. The highest BCUT2D eigenvalue weighted by Gasteiger charge is 2.16. The number of aliphatic hydroxyl groups excluding tert-OH is 1. The molecule has 0 aromatic heterocycles. The molecule has 53 heavy (non-hydrogen) atoms. The summed E-state index contributed by atoms with van der Waals surface area (Å²) in [7, 11) is 5.95. The third-order valence-electron chi connectivity index (χ3n) is 6.73. The van der Waals surface area contributed by atoms with E-state index in [1.807, 2.05) is 30.3 Å². The zero-order valence-corrected chi connectivity index (χ0v) is 30.3. The summed E-state index contributed by atoms with van der Waals surface area (Å²) in [6.07, 6.45) is 0. The van der Waals surface area contributed by atoms with Crippen LogP contribution in [0.2, 0.25) is 0 Å². The van der Waals surface area contributed by atoms with Gasteiger partial charge in [-0.2, -0.15) is 0 Å². The number of carbonyl (C=O) groups excluding carboxylic acids is 3. The average Bonchev–Trinajstić information content (AvgIpc) is 3.17. The number of esters is 3. The van der Waals surface area contributed by atoms with Gasteiger partial charge >= 0.3 is 23.9 Å². The first-order chi connectivity index (χ1) is 25.3. The zero-order valence-electron chi connectivity index (χ0n) is 30.3. The minimum Gasteiger partial charge on any atom is -0.497 e. The van der Waals surface area contributed by atoms with Gasteiger partial charge in [-0.05, 0) is 85.6 Å². The van der Waals surface area contributed by atoms with Crippen molar-refractivity contribution in [3.05, 3.63) is 131 Å². The Hall–Kier alpha value is -6.60. The Morgan fingerprint density at radius 2 is 1.04 bits per heavy atom. The SMILES string of the molecule is C=C(C)C(=O)Oc1ccc(C(=O)O)cc1OC.C=C(C)C(=O)Oc1ccc(C(=O)OCc2cccc(OC)c2)cc1OC.COc1cccc(CO)c1. The van der Waals surface area contributed by atoms with Crippen LogP contribution in [0.3, 0.4) is 0 Å². The van der Waals surface area contributed by atoms with E-state index in [4.69, 9.17) is 43.4 Å². The van der Waals surface area contributed by atoms with Crippen molar-refractivity contribution in [1.29, 1.82) is 0 Å². The maximum Gasteiger partial charge on any atom is 0.338 e. The predicted octanol–water partition coefficient (Wildman–Crippen LogP) is 6.60. The Labute approximate surface area is 307 Å². The summed E-state index contributed by atoms with van der Waals surface area (Å²) in [6.45, 7) is 10.2. The van der Waals surface area contributed by atoms with Crippen LogP contribution >= 0.6 is 0 Å². The normalized spacial score (nSPS) is 9.72. The smallest absolute Gasteiger partial charge is 0.338 e. The fourth-order valence-electron chi connectivity index (χ4n) is 3.90. The van der Waals surface area contributed by atoms with Crippen molar-refractivity contribution in [2.24, 2.45) is 0 Å². The number of aromatic carboxylic acids is 1. The van der Waals surface area contributed by atoms with Crippen LogP contribution in [0.25, 0.3) is 0 Å². The molecule has 4 aromatic carbocycles. The molecule has 0 aliphatic carbocycles. The lowest BCUT2D eigenvalue weighted by atomic mass is 10.2. The topological polar surface area (TPSA) is 173 Å². The molecule has 0 heterocycles. The molecule has 0 saturated carbocycles. The summed E-state index contributed by atoms with van der Waals surface area (Å²) in [5.41, 5.74) is 2.51. The predicted molar refractivity (Wildman–Crippen MR) is 195 cm³/mol. The van der Waals surface area contributed by atoms with Gasteiger partial charge in [0.15, 0.2) is 23.0 Å². The molecule has 0 fully saturated rings. The molecule has 0 amide bonds. The van der Waals surface area contributed by atoms with Crippen molar-refractivity contribution in [1.82, 2.24) is 0 Å². The summed E-state index contributed by atoms with van der Waals surface area (Å²) < 4.78 is 35.6. The van der Waals surface area contributed by atoms with E-state index in [9.17, 15) is 19.2 Å². The third kappa shape index (κ3) is 13.9. The van der Waals surface area contributed by atoms with Crippen LogP contribution in [-0.4, -0.2) is 62.5 Å². The monoisotopic (exact) mass is 730 g/mol. The summed E-state index contributed by atoms with van der Waals surface area (Å²) in [4.78, 5) is 45.9. The van der Waals surface area contributed by atoms with Crippen molar-refractivity contribution in [2.75, 3.05) is 28.4 Å². The molecule has 0 atom stereocenters. The van der Waals surface area contributed by atoms with Gasteiger partial charge in [0.05, 0.1) is 46.2 Å². The molecule has 4 rings (SSSR count). The Morgan fingerprint density at radius 3 is 1.47 bits per heavy atom. The molecule has 13 nitrogen and oxygen atoms in total. The van der Waals surface area contributed by atoms with Crippen molar-refractivity contribution >= 4 is 23.9 Å². The Kier molecular flexibility index (Phi) is 17.3. The molecule has 0 bridgehead atoms. The lowest BCUT2D eigenvalue weighted by molar-refractivity contribution is -0.131. The minimum atomic E-state index is -1.08. The van der Waals surface area contributed by atoms with Crippen LogP contribution in [-0.2, 0) is 27.5 Å². The minimum absolute atomic E-state index is 0.0528. The number of methoxy groups -OCH3 is 4. The van der Waals surface area contributed by atoms with E-state index in [1.54, 1.807) is 39.3 Å². The van der Waals surface area contributed by atoms with Crippen LogP contribution < -0.4 is 28.4 Å². The number of carbonyl (C=O) groups is 4. The fraction of sp³-hybridized carbons (Fsp3) is 0.200. The molecule has 0 spiro atoms. The second-order valence-electron chi connectivity index (χ2n) is 10.8. The van der Waals surface area contributed by atoms with Crippen LogP contribution in [0.4, 0.5) is 0 Å². The van der Waals surface area contributed by atoms with E-state index in [1.165, 1.54) is 57.5 Å². The number of carboxylic acid groups (broad SMARTS) is 1. The molecule has 0 aliphatic heterocycles. The molecule has 0 unspecified atom stereocenters. The summed E-state index contributed by atoms with van der Waals surface area (Å²) in [5, 5.41) is 17.5. The van der Waals surface area contributed by atoms with Gasteiger partial charge in [0, 0.05) is 11.1 Å². The van der Waals surface area contributed by atoms with E-state index < -0.39 is 23.9 Å². The van der Waals surface area contributed by atoms with Crippen molar-refractivity contribution in [2.45, 2.75) is 27.1 Å². The van der Waals surface area contributed by atoms with Crippen molar-refractivity contribution < 1.29 is 62.5 Å². The number of ether oxygens (including phenoxy) is 7. The number of hydrogen-bond acceptors (Lipinski definition) is 12. The number of benzene rings is 4. The molecular weight excluding hydrogens is 688 g/mol. The molecule has 2 N–H and O–H groups in total. The molecule has 0 aliphatic rings. The number of hydrogen-bond donors (Lipinski definition) is 2. The fourth-order valence-corrected chi connectivity index (χ4v) is 3.90. The van der Waals surface area contributed by atoms with Crippen molar-refractivity contribution in [3.63, 3.8) is 0 Å². The highest BCUT2D eigenvalue weighted by atomic mass is 16.6. The van der Waals surface area contributed by atoms with E-state index in [0.29, 0.717) is 5.75 Å². The highest BCUT2D eigenvalue weighted by Crippen LogP contribution is 2.30. The van der Waals surface area contributed by atoms with Gasteiger partial charge in [-0.3, -0.25) is 0 Å². The first kappa shape index (κ1) is 42.6. The van der Waals surface area contributed by atoms with Crippen LogP contribution in [0.15, 0.2) is 109 Å². The second kappa shape index (κ2) is 21.6. The van der Waals surface area contributed by atoms with Crippen LogP contribution in [0.1, 0.15) is 45.7 Å². The lowest BCUT2D eigenvalue weighted by Gasteiger charge is -2.11. The lowest BCUT2D eigenvalue weighted by Crippen LogP contribution is -2.10. The van der Waals surface area contributed by atoms with Gasteiger partial charge in [0.25, 0.3) is 0 Å². The van der Waals surface area contributed by atoms with Gasteiger partial charge in [-0.1, -0.05) is 37.4 Å². The first-order valence-electron chi connectivity index (χ1n) is 15.6.